The average molecular weight is 297 g/mol. The number of hydrogen-bond acceptors (Lipinski definition) is 4. The van der Waals surface area contributed by atoms with Crippen LogP contribution in [0.5, 0.6) is 0 Å². The Bertz CT molecular complexity index is 398. The van der Waals surface area contributed by atoms with Gasteiger partial charge in [0.15, 0.2) is 0 Å². The molecule has 4 atom stereocenters. The Morgan fingerprint density at radius 2 is 2.20 bits per heavy atom. The second-order valence-corrected chi connectivity index (χ2v) is 7.34. The van der Waals surface area contributed by atoms with E-state index in [1.807, 2.05) is 16.7 Å². The minimum atomic E-state index is -0.0459. The molecule has 1 aliphatic carbocycles. The second-order valence-electron chi connectivity index (χ2n) is 6.27. The van der Waals surface area contributed by atoms with Crippen molar-refractivity contribution in [2.45, 2.75) is 25.8 Å². The topological polar surface area (TPSA) is 61.4 Å². The molecule has 0 spiro atoms. The van der Waals surface area contributed by atoms with E-state index in [2.05, 4.69) is 17.6 Å². The number of carbonyl (C=O) groups excluding carboxylic acids is 2. The zero-order valence-corrected chi connectivity index (χ0v) is 12.7. The first-order valence-corrected chi connectivity index (χ1v) is 8.68. The third-order valence-electron chi connectivity index (χ3n) is 4.60. The molecule has 20 heavy (non-hydrogen) atoms. The van der Waals surface area contributed by atoms with Gasteiger partial charge >= 0.3 is 0 Å². The summed E-state index contributed by atoms with van der Waals surface area (Å²) < 4.78 is 0. The van der Waals surface area contributed by atoms with Crippen LogP contribution in [0.1, 0.15) is 19.8 Å². The van der Waals surface area contributed by atoms with Crippen LogP contribution in [0, 0.1) is 17.8 Å². The van der Waals surface area contributed by atoms with Crippen molar-refractivity contribution in [3.05, 3.63) is 0 Å². The van der Waals surface area contributed by atoms with Crippen molar-refractivity contribution in [2.24, 2.45) is 17.8 Å². The fraction of sp³-hybridized carbons (Fsp3) is 0.857. The lowest BCUT2D eigenvalue weighted by Gasteiger charge is -2.19. The van der Waals surface area contributed by atoms with E-state index in [1.54, 1.807) is 0 Å². The number of nitrogens with zero attached hydrogens (tertiary/aromatic N) is 1. The van der Waals surface area contributed by atoms with E-state index in [0.29, 0.717) is 18.4 Å². The van der Waals surface area contributed by atoms with Crippen molar-refractivity contribution in [3.8, 4) is 0 Å². The quantitative estimate of drug-likeness (QED) is 0.782. The van der Waals surface area contributed by atoms with Crippen molar-refractivity contribution >= 4 is 23.6 Å². The molecule has 0 bridgehead atoms. The van der Waals surface area contributed by atoms with E-state index in [1.165, 1.54) is 0 Å². The van der Waals surface area contributed by atoms with Gasteiger partial charge in [0.2, 0.25) is 11.8 Å². The molecule has 0 aromatic heterocycles. The lowest BCUT2D eigenvalue weighted by atomic mass is 10.0. The largest absolute Gasteiger partial charge is 0.356 e. The van der Waals surface area contributed by atoms with Crippen LogP contribution in [0.25, 0.3) is 0 Å². The van der Waals surface area contributed by atoms with E-state index in [-0.39, 0.29) is 23.8 Å². The Hall–Kier alpha value is -0.750. The number of amides is 2. The monoisotopic (exact) mass is 297 g/mol. The molecule has 2 N–H and O–H groups in total. The molecule has 1 saturated carbocycles. The summed E-state index contributed by atoms with van der Waals surface area (Å²) in [6.45, 7) is 4.53. The number of hydrogen-bond donors (Lipinski definition) is 2. The van der Waals surface area contributed by atoms with Gasteiger partial charge in [-0.1, -0.05) is 6.92 Å². The molecule has 2 aliphatic heterocycles. The van der Waals surface area contributed by atoms with Crippen LogP contribution in [0.15, 0.2) is 0 Å². The van der Waals surface area contributed by atoms with Crippen molar-refractivity contribution in [1.82, 2.24) is 15.5 Å². The van der Waals surface area contributed by atoms with Crippen LogP contribution in [0.3, 0.4) is 0 Å². The Morgan fingerprint density at radius 3 is 2.85 bits per heavy atom. The first-order chi connectivity index (χ1) is 9.65. The van der Waals surface area contributed by atoms with Gasteiger partial charge in [-0.3, -0.25) is 9.59 Å². The molecule has 5 nitrogen and oxygen atoms in total. The molecule has 0 radical (unpaired) electrons. The first-order valence-electron chi connectivity index (χ1n) is 7.52. The SMILES string of the molecule is CC1CC1C(=O)NC[C@@H]1CN[C@H](C(=O)N2CCSC2)C1. The standard InChI is InChI=1S/C14H23N3O2S/c1-9-4-11(9)13(18)16-7-10-5-12(15-6-10)14(19)17-2-3-20-8-17/h9-12,15H,2-8H2,1H3,(H,16,18)/t9?,10-,11?,12-/m0/s1. The molecule has 2 saturated heterocycles. The third-order valence-corrected chi connectivity index (χ3v) is 5.56. The summed E-state index contributed by atoms with van der Waals surface area (Å²) in [5.41, 5.74) is 0. The fourth-order valence-electron chi connectivity index (χ4n) is 3.02. The van der Waals surface area contributed by atoms with E-state index in [9.17, 15) is 9.59 Å². The number of thioether (sulfide) groups is 1. The van der Waals surface area contributed by atoms with Gasteiger partial charge in [-0.15, -0.1) is 11.8 Å². The summed E-state index contributed by atoms with van der Waals surface area (Å²) in [4.78, 5) is 26.0. The van der Waals surface area contributed by atoms with E-state index >= 15 is 0 Å². The predicted octanol–water partition coefficient (Wildman–Crippen LogP) is 0.270. The highest BCUT2D eigenvalue weighted by atomic mass is 32.2. The maximum Gasteiger partial charge on any atom is 0.240 e. The number of nitrogens with one attached hydrogen (secondary N) is 2. The van der Waals surface area contributed by atoms with Crippen LogP contribution in [-0.4, -0.2) is 54.0 Å². The smallest absolute Gasteiger partial charge is 0.240 e. The van der Waals surface area contributed by atoms with E-state index < -0.39 is 0 Å². The molecule has 3 aliphatic rings. The Morgan fingerprint density at radius 1 is 1.40 bits per heavy atom. The van der Waals surface area contributed by atoms with Gasteiger partial charge in [0, 0.05) is 31.3 Å². The van der Waals surface area contributed by atoms with Gasteiger partial charge in [-0.25, -0.2) is 0 Å². The van der Waals surface area contributed by atoms with Crippen molar-refractivity contribution in [1.29, 1.82) is 0 Å². The highest BCUT2D eigenvalue weighted by molar-refractivity contribution is 7.99. The van der Waals surface area contributed by atoms with Crippen LogP contribution in [0.2, 0.25) is 0 Å². The first kappa shape index (κ1) is 14.2. The zero-order chi connectivity index (χ0) is 14.1. The molecular formula is C14H23N3O2S. The summed E-state index contributed by atoms with van der Waals surface area (Å²) in [5.74, 6) is 3.50. The van der Waals surface area contributed by atoms with Gasteiger partial charge in [-0.2, -0.15) is 0 Å². The number of carbonyl (C=O) groups is 2. The fourth-order valence-corrected chi connectivity index (χ4v) is 3.98. The molecule has 2 amide bonds. The molecule has 3 fully saturated rings. The third kappa shape index (κ3) is 3.11. The maximum atomic E-state index is 12.3. The van der Waals surface area contributed by atoms with Crippen LogP contribution in [-0.2, 0) is 9.59 Å². The Kier molecular flexibility index (Phi) is 4.21. The summed E-state index contributed by atoms with van der Waals surface area (Å²) in [6, 6.07) is -0.0459. The van der Waals surface area contributed by atoms with Crippen LogP contribution < -0.4 is 10.6 Å². The van der Waals surface area contributed by atoms with E-state index in [4.69, 9.17) is 0 Å². The lowest BCUT2D eigenvalue weighted by Crippen LogP contribution is -2.42. The molecule has 3 rings (SSSR count). The second kappa shape index (κ2) is 5.93. The van der Waals surface area contributed by atoms with Gasteiger partial charge < -0.3 is 15.5 Å². The maximum absolute atomic E-state index is 12.3. The van der Waals surface area contributed by atoms with Gasteiger partial charge in [-0.05, 0) is 24.7 Å². The molecule has 0 aromatic rings. The van der Waals surface area contributed by atoms with Crippen molar-refractivity contribution in [3.63, 3.8) is 0 Å². The zero-order valence-electron chi connectivity index (χ0n) is 11.9. The summed E-state index contributed by atoms with van der Waals surface area (Å²) >= 11 is 1.81. The van der Waals surface area contributed by atoms with Gasteiger partial charge in [0.25, 0.3) is 0 Å². The molecule has 6 heteroatoms. The minimum Gasteiger partial charge on any atom is -0.356 e. The molecule has 112 valence electrons. The molecule has 2 heterocycles. The average Bonchev–Trinajstić information content (AvgIpc) is 2.93. The predicted molar refractivity (Wildman–Crippen MR) is 79.2 cm³/mol. The van der Waals surface area contributed by atoms with Crippen molar-refractivity contribution in [2.75, 3.05) is 31.3 Å². The highest BCUT2D eigenvalue weighted by Gasteiger charge is 2.39. The highest BCUT2D eigenvalue weighted by Crippen LogP contribution is 2.37. The Labute approximate surface area is 124 Å². The molecule has 2 unspecified atom stereocenters. The number of rotatable bonds is 4. The van der Waals surface area contributed by atoms with Crippen LogP contribution >= 0.6 is 11.8 Å². The van der Waals surface area contributed by atoms with Crippen LogP contribution in [0.4, 0.5) is 0 Å². The summed E-state index contributed by atoms with van der Waals surface area (Å²) in [5, 5.41) is 6.35. The normalized spacial score (nSPS) is 36.1. The van der Waals surface area contributed by atoms with Gasteiger partial charge in [0.1, 0.15) is 0 Å². The lowest BCUT2D eigenvalue weighted by molar-refractivity contribution is -0.131. The Balaban J connectivity index is 1.40. The minimum absolute atomic E-state index is 0.0459. The summed E-state index contributed by atoms with van der Waals surface area (Å²) in [7, 11) is 0. The van der Waals surface area contributed by atoms with Crippen molar-refractivity contribution < 1.29 is 9.59 Å². The van der Waals surface area contributed by atoms with E-state index in [0.717, 1.165) is 37.6 Å². The molecule has 0 aromatic carbocycles. The van der Waals surface area contributed by atoms with Gasteiger partial charge in [0.05, 0.1) is 11.9 Å². The summed E-state index contributed by atoms with van der Waals surface area (Å²) in [6.07, 6.45) is 1.88. The molecular weight excluding hydrogens is 274 g/mol.